The van der Waals surface area contributed by atoms with E-state index in [0.717, 1.165) is 5.56 Å². The van der Waals surface area contributed by atoms with Crippen molar-refractivity contribution in [3.8, 4) is 5.75 Å². The second-order valence-electron chi connectivity index (χ2n) is 4.72. The molecule has 0 aromatic carbocycles. The highest BCUT2D eigenvalue weighted by molar-refractivity contribution is 6.18. The molecule has 0 unspecified atom stereocenters. The average Bonchev–Trinajstić information content (AvgIpc) is 2.93. The van der Waals surface area contributed by atoms with E-state index in [4.69, 9.17) is 10.5 Å². The summed E-state index contributed by atoms with van der Waals surface area (Å²) < 4.78 is 5.26. The van der Waals surface area contributed by atoms with E-state index in [2.05, 4.69) is 15.0 Å². The molecule has 3 aromatic heterocycles. The van der Waals surface area contributed by atoms with Gasteiger partial charge in [0.15, 0.2) is 0 Å². The normalized spacial score (nSPS) is 10.8. The van der Waals surface area contributed by atoms with Gasteiger partial charge in [-0.1, -0.05) is 0 Å². The molecule has 0 saturated carbocycles. The van der Waals surface area contributed by atoms with Crippen LogP contribution >= 0.6 is 0 Å². The Balaban J connectivity index is 2.23. The number of ether oxygens (including phenoxy) is 1. The number of aromatic nitrogens is 3. The van der Waals surface area contributed by atoms with Crippen LogP contribution in [0, 0.1) is 6.92 Å². The Kier molecular flexibility index (Phi) is 3.06. The Hall–Kier alpha value is -2.89. The van der Waals surface area contributed by atoms with Crippen molar-refractivity contribution in [3.05, 3.63) is 47.5 Å². The summed E-state index contributed by atoms with van der Waals surface area (Å²) in [5, 5.41) is 0.682. The maximum absolute atomic E-state index is 12.8. The number of pyridine rings is 2. The van der Waals surface area contributed by atoms with Gasteiger partial charge in [0.2, 0.25) is 5.78 Å². The van der Waals surface area contributed by atoms with E-state index < -0.39 is 0 Å². The van der Waals surface area contributed by atoms with E-state index >= 15 is 0 Å². The molecule has 0 bridgehead atoms. The quantitative estimate of drug-likeness (QED) is 0.717. The van der Waals surface area contributed by atoms with Crippen LogP contribution in [0.4, 0.5) is 5.69 Å². The molecule has 3 heterocycles. The molecule has 0 saturated heterocycles. The SMILES string of the molecule is COc1cnc2[nH]ccc2c1C(=O)c1ncc(C)cc1N. The lowest BCUT2D eigenvalue weighted by Crippen LogP contribution is -2.10. The number of nitrogens with zero attached hydrogens (tertiary/aromatic N) is 2. The molecule has 3 N–H and O–H groups in total. The number of H-pyrrole nitrogens is 1. The third-order valence-electron chi connectivity index (χ3n) is 3.27. The summed E-state index contributed by atoms with van der Waals surface area (Å²) in [4.78, 5) is 24.1. The summed E-state index contributed by atoms with van der Waals surface area (Å²) in [6, 6.07) is 3.50. The summed E-state index contributed by atoms with van der Waals surface area (Å²) in [5.41, 5.74) is 8.41. The van der Waals surface area contributed by atoms with E-state index in [1.165, 1.54) is 13.3 Å². The molecule has 21 heavy (non-hydrogen) atoms. The fourth-order valence-electron chi connectivity index (χ4n) is 2.28. The number of anilines is 1. The number of carbonyl (C=O) groups excluding carboxylic acids is 1. The highest BCUT2D eigenvalue weighted by Crippen LogP contribution is 2.29. The fraction of sp³-hybridized carbons (Fsp3) is 0.133. The number of carbonyl (C=O) groups is 1. The number of fused-ring (bicyclic) bond motifs is 1. The zero-order chi connectivity index (χ0) is 15.0. The zero-order valence-electron chi connectivity index (χ0n) is 11.7. The molecule has 0 aliphatic carbocycles. The molecule has 6 heteroatoms. The first-order valence-electron chi connectivity index (χ1n) is 6.38. The summed E-state index contributed by atoms with van der Waals surface area (Å²) in [7, 11) is 1.50. The van der Waals surface area contributed by atoms with Gasteiger partial charge >= 0.3 is 0 Å². The molecule has 106 valence electrons. The van der Waals surface area contributed by atoms with Gasteiger partial charge in [0.25, 0.3) is 0 Å². The average molecular weight is 282 g/mol. The van der Waals surface area contributed by atoms with Gasteiger partial charge < -0.3 is 15.5 Å². The van der Waals surface area contributed by atoms with Crippen LogP contribution in [0.3, 0.4) is 0 Å². The van der Waals surface area contributed by atoms with E-state index in [1.54, 1.807) is 24.5 Å². The summed E-state index contributed by atoms with van der Waals surface area (Å²) in [5.74, 6) is 0.116. The van der Waals surface area contributed by atoms with Crippen LogP contribution in [0.15, 0.2) is 30.7 Å². The van der Waals surface area contributed by atoms with Gasteiger partial charge in [0, 0.05) is 17.8 Å². The van der Waals surface area contributed by atoms with Crippen molar-refractivity contribution < 1.29 is 9.53 Å². The predicted octanol–water partition coefficient (Wildman–Crippen LogP) is 2.09. The lowest BCUT2D eigenvalue weighted by Gasteiger charge is -2.10. The topological polar surface area (TPSA) is 93.9 Å². The van der Waals surface area contributed by atoms with Gasteiger partial charge in [0.05, 0.1) is 24.6 Å². The first kappa shape index (κ1) is 13.1. The first-order valence-corrected chi connectivity index (χ1v) is 6.38. The van der Waals surface area contributed by atoms with E-state index in [0.29, 0.717) is 28.0 Å². The van der Waals surface area contributed by atoms with Crippen molar-refractivity contribution in [1.82, 2.24) is 15.0 Å². The summed E-state index contributed by atoms with van der Waals surface area (Å²) in [6.07, 6.45) is 4.85. The van der Waals surface area contributed by atoms with Crippen molar-refractivity contribution in [1.29, 1.82) is 0 Å². The zero-order valence-corrected chi connectivity index (χ0v) is 11.7. The lowest BCUT2D eigenvalue weighted by atomic mass is 10.0. The predicted molar refractivity (Wildman–Crippen MR) is 79.5 cm³/mol. The van der Waals surface area contributed by atoms with Gasteiger partial charge in [-0.2, -0.15) is 0 Å². The highest BCUT2D eigenvalue weighted by Gasteiger charge is 2.22. The van der Waals surface area contributed by atoms with Crippen molar-refractivity contribution in [2.24, 2.45) is 0 Å². The number of nitrogen functional groups attached to an aromatic ring is 1. The molecular weight excluding hydrogens is 268 g/mol. The standard InChI is InChI=1S/C15H14N4O2/c1-8-5-10(16)13(18-6-8)14(20)12-9-3-4-17-15(9)19-7-11(12)21-2/h3-7H,16H2,1-2H3,(H,17,19). The summed E-state index contributed by atoms with van der Waals surface area (Å²) in [6.45, 7) is 1.87. The third-order valence-corrected chi connectivity index (χ3v) is 3.27. The number of nitrogens with two attached hydrogens (primary N) is 1. The van der Waals surface area contributed by atoms with Crippen LogP contribution in [-0.2, 0) is 0 Å². The first-order chi connectivity index (χ1) is 10.1. The van der Waals surface area contributed by atoms with Gasteiger partial charge in [-0.3, -0.25) is 9.78 Å². The number of ketones is 1. The number of methoxy groups -OCH3 is 1. The Morgan fingerprint density at radius 2 is 2.14 bits per heavy atom. The monoisotopic (exact) mass is 282 g/mol. The van der Waals surface area contributed by atoms with Crippen LogP contribution in [0.25, 0.3) is 11.0 Å². The maximum Gasteiger partial charge on any atom is 0.217 e. The van der Waals surface area contributed by atoms with Gasteiger partial charge in [-0.25, -0.2) is 4.98 Å². The van der Waals surface area contributed by atoms with E-state index in [9.17, 15) is 4.79 Å². The van der Waals surface area contributed by atoms with Gasteiger partial charge in [-0.05, 0) is 24.6 Å². The number of aryl methyl sites for hydroxylation is 1. The van der Waals surface area contributed by atoms with Crippen LogP contribution in [0.5, 0.6) is 5.75 Å². The minimum Gasteiger partial charge on any atom is -0.494 e. The molecular formula is C15H14N4O2. The van der Waals surface area contributed by atoms with Gasteiger partial charge in [0.1, 0.15) is 17.1 Å². The molecule has 0 atom stereocenters. The van der Waals surface area contributed by atoms with Crippen LogP contribution in [-0.4, -0.2) is 27.8 Å². The second-order valence-corrected chi connectivity index (χ2v) is 4.72. The van der Waals surface area contributed by atoms with E-state index in [1.807, 2.05) is 6.92 Å². The van der Waals surface area contributed by atoms with Crippen LogP contribution in [0.2, 0.25) is 0 Å². The van der Waals surface area contributed by atoms with Crippen LogP contribution in [0.1, 0.15) is 21.6 Å². The Bertz CT molecular complexity index is 839. The number of rotatable bonds is 3. The fourth-order valence-corrected chi connectivity index (χ4v) is 2.28. The van der Waals surface area contributed by atoms with Gasteiger partial charge in [-0.15, -0.1) is 0 Å². The lowest BCUT2D eigenvalue weighted by molar-refractivity contribution is 0.103. The molecule has 0 aliphatic rings. The molecule has 0 amide bonds. The van der Waals surface area contributed by atoms with Crippen molar-refractivity contribution in [3.63, 3.8) is 0 Å². The summed E-state index contributed by atoms with van der Waals surface area (Å²) >= 11 is 0. The molecule has 0 aliphatic heterocycles. The smallest absolute Gasteiger partial charge is 0.217 e. The largest absolute Gasteiger partial charge is 0.494 e. The molecule has 0 spiro atoms. The number of nitrogens with one attached hydrogen (secondary N) is 1. The van der Waals surface area contributed by atoms with Crippen molar-refractivity contribution in [2.45, 2.75) is 6.92 Å². The molecule has 0 fully saturated rings. The molecule has 6 nitrogen and oxygen atoms in total. The second kappa shape index (κ2) is 4.90. The Morgan fingerprint density at radius 1 is 1.33 bits per heavy atom. The molecule has 3 rings (SSSR count). The maximum atomic E-state index is 12.8. The molecule has 3 aromatic rings. The number of hydrogen-bond acceptors (Lipinski definition) is 5. The highest BCUT2D eigenvalue weighted by atomic mass is 16.5. The Labute approximate surface area is 121 Å². The number of hydrogen-bond donors (Lipinski definition) is 2. The third kappa shape index (κ3) is 2.10. The van der Waals surface area contributed by atoms with E-state index in [-0.39, 0.29) is 11.5 Å². The minimum atomic E-state index is -0.281. The molecule has 0 radical (unpaired) electrons. The van der Waals surface area contributed by atoms with Crippen LogP contribution < -0.4 is 10.5 Å². The van der Waals surface area contributed by atoms with Crippen molar-refractivity contribution in [2.75, 3.05) is 12.8 Å². The number of aromatic amines is 1. The minimum absolute atomic E-state index is 0.215. The van der Waals surface area contributed by atoms with Crippen molar-refractivity contribution >= 4 is 22.5 Å². The Morgan fingerprint density at radius 3 is 2.86 bits per heavy atom.